The van der Waals surface area contributed by atoms with Crippen molar-refractivity contribution in [3.8, 4) is 11.3 Å². The van der Waals surface area contributed by atoms with Gasteiger partial charge in [0.15, 0.2) is 0 Å². The number of carbonyl (C=O) groups is 1. The molecule has 0 bridgehead atoms. The molecule has 2 aromatic carbocycles. The standard InChI is InChI=1S/C20H17Cl2N3O2/c1-12-3-5-14(6-4-12)18-7-8-19(26)25(24-18)13(2)20(27)23-17-10-15(21)9-16(22)11-17/h3-11,13H,1-2H3,(H,23,27). The molecule has 3 rings (SSSR count). The Labute approximate surface area is 166 Å². The van der Waals surface area contributed by atoms with E-state index in [-0.39, 0.29) is 5.56 Å². The molecule has 1 aromatic heterocycles. The highest BCUT2D eigenvalue weighted by Gasteiger charge is 2.18. The van der Waals surface area contributed by atoms with Crippen LogP contribution < -0.4 is 10.9 Å². The molecular weight excluding hydrogens is 385 g/mol. The van der Waals surface area contributed by atoms with Gasteiger partial charge in [0.2, 0.25) is 5.91 Å². The normalized spacial score (nSPS) is 11.9. The maximum absolute atomic E-state index is 12.6. The maximum atomic E-state index is 12.6. The fraction of sp³-hybridized carbons (Fsp3) is 0.150. The number of carbonyl (C=O) groups excluding carboxylic acids is 1. The van der Waals surface area contributed by atoms with Crippen LogP contribution in [0.5, 0.6) is 0 Å². The highest BCUT2D eigenvalue weighted by atomic mass is 35.5. The lowest BCUT2D eigenvalue weighted by atomic mass is 10.1. The summed E-state index contributed by atoms with van der Waals surface area (Å²) in [5.74, 6) is -0.399. The minimum atomic E-state index is -0.819. The first-order valence-electron chi connectivity index (χ1n) is 8.27. The van der Waals surface area contributed by atoms with Crippen LogP contribution >= 0.6 is 23.2 Å². The quantitative estimate of drug-likeness (QED) is 0.687. The molecule has 0 radical (unpaired) electrons. The van der Waals surface area contributed by atoms with E-state index in [1.54, 1.807) is 31.2 Å². The van der Waals surface area contributed by atoms with Crippen LogP contribution in [0.1, 0.15) is 18.5 Å². The molecule has 1 unspecified atom stereocenters. The fourth-order valence-corrected chi connectivity index (χ4v) is 3.09. The van der Waals surface area contributed by atoms with Gasteiger partial charge in [0.05, 0.1) is 5.69 Å². The van der Waals surface area contributed by atoms with E-state index >= 15 is 0 Å². The Morgan fingerprint density at radius 1 is 1.04 bits per heavy atom. The molecule has 7 heteroatoms. The number of benzene rings is 2. The summed E-state index contributed by atoms with van der Waals surface area (Å²) >= 11 is 11.9. The molecule has 0 aliphatic rings. The van der Waals surface area contributed by atoms with Crippen LogP contribution in [0.3, 0.4) is 0 Å². The van der Waals surface area contributed by atoms with E-state index in [1.807, 2.05) is 31.2 Å². The van der Waals surface area contributed by atoms with Crippen LogP contribution in [-0.2, 0) is 4.79 Å². The Bertz CT molecular complexity index is 1030. The molecule has 5 nitrogen and oxygen atoms in total. The smallest absolute Gasteiger partial charge is 0.267 e. The molecule has 3 aromatic rings. The number of aryl methyl sites for hydroxylation is 1. The van der Waals surface area contributed by atoms with E-state index in [2.05, 4.69) is 10.4 Å². The molecule has 0 fully saturated rings. The van der Waals surface area contributed by atoms with Crippen molar-refractivity contribution in [3.63, 3.8) is 0 Å². The Balaban J connectivity index is 1.88. The summed E-state index contributed by atoms with van der Waals surface area (Å²) in [5, 5.41) is 7.88. The zero-order valence-corrected chi connectivity index (χ0v) is 16.3. The third kappa shape index (κ3) is 4.56. The predicted octanol–water partition coefficient (Wildman–Crippen LogP) is 4.73. The van der Waals surface area contributed by atoms with Gasteiger partial charge in [-0.1, -0.05) is 53.0 Å². The largest absolute Gasteiger partial charge is 0.324 e. The highest BCUT2D eigenvalue weighted by Crippen LogP contribution is 2.23. The van der Waals surface area contributed by atoms with Crippen molar-refractivity contribution in [1.29, 1.82) is 0 Å². The van der Waals surface area contributed by atoms with Gasteiger partial charge in [-0.25, -0.2) is 4.68 Å². The first-order valence-corrected chi connectivity index (χ1v) is 9.03. The number of nitrogens with zero attached hydrogens (tertiary/aromatic N) is 2. The van der Waals surface area contributed by atoms with E-state index in [4.69, 9.17) is 23.2 Å². The SMILES string of the molecule is Cc1ccc(-c2ccc(=O)n(C(C)C(=O)Nc3cc(Cl)cc(Cl)c3)n2)cc1. The van der Waals surface area contributed by atoms with E-state index in [9.17, 15) is 9.59 Å². The van der Waals surface area contributed by atoms with Crippen LogP contribution in [0.4, 0.5) is 5.69 Å². The molecule has 1 N–H and O–H groups in total. The summed E-state index contributed by atoms with van der Waals surface area (Å²) in [7, 11) is 0. The fourth-order valence-electron chi connectivity index (χ4n) is 2.56. The summed E-state index contributed by atoms with van der Waals surface area (Å²) in [4.78, 5) is 24.8. The number of halogens is 2. The lowest BCUT2D eigenvalue weighted by Crippen LogP contribution is -2.33. The van der Waals surface area contributed by atoms with Gasteiger partial charge in [-0.05, 0) is 38.1 Å². The Morgan fingerprint density at radius 2 is 1.67 bits per heavy atom. The Hall–Kier alpha value is -2.63. The molecule has 27 heavy (non-hydrogen) atoms. The molecule has 0 saturated carbocycles. The van der Waals surface area contributed by atoms with Crippen LogP contribution in [0.25, 0.3) is 11.3 Å². The summed E-state index contributed by atoms with van der Waals surface area (Å²) in [6.07, 6.45) is 0. The third-order valence-corrected chi connectivity index (χ3v) is 4.49. The number of amides is 1. The third-order valence-electron chi connectivity index (χ3n) is 4.05. The van der Waals surface area contributed by atoms with Crippen molar-refractivity contribution in [1.82, 2.24) is 9.78 Å². The molecule has 0 saturated heterocycles. The summed E-state index contributed by atoms with van der Waals surface area (Å²) < 4.78 is 1.16. The second-order valence-electron chi connectivity index (χ2n) is 6.19. The number of anilines is 1. The lowest BCUT2D eigenvalue weighted by Gasteiger charge is -2.15. The minimum absolute atomic E-state index is 0.363. The second kappa shape index (κ2) is 7.94. The molecule has 0 aliphatic heterocycles. The summed E-state index contributed by atoms with van der Waals surface area (Å²) in [6, 6.07) is 14.7. The van der Waals surface area contributed by atoms with Gasteiger partial charge in [-0.2, -0.15) is 5.10 Å². The van der Waals surface area contributed by atoms with Crippen molar-refractivity contribution in [2.45, 2.75) is 19.9 Å². The van der Waals surface area contributed by atoms with Gasteiger partial charge in [0.25, 0.3) is 5.56 Å². The van der Waals surface area contributed by atoms with E-state index in [1.165, 1.54) is 6.07 Å². The van der Waals surface area contributed by atoms with Gasteiger partial charge in [-0.3, -0.25) is 9.59 Å². The number of hydrogen-bond acceptors (Lipinski definition) is 3. The molecule has 1 heterocycles. The number of rotatable bonds is 4. The number of aromatic nitrogens is 2. The van der Waals surface area contributed by atoms with E-state index in [0.29, 0.717) is 21.4 Å². The van der Waals surface area contributed by atoms with Crippen molar-refractivity contribution in [2.24, 2.45) is 0 Å². The molecule has 0 spiro atoms. The predicted molar refractivity (Wildman–Crippen MR) is 108 cm³/mol. The van der Waals surface area contributed by atoms with E-state index in [0.717, 1.165) is 15.8 Å². The Kier molecular flexibility index (Phi) is 5.63. The minimum Gasteiger partial charge on any atom is -0.324 e. The lowest BCUT2D eigenvalue weighted by molar-refractivity contribution is -0.119. The molecule has 0 aliphatic carbocycles. The van der Waals surface area contributed by atoms with Gasteiger partial charge in [0, 0.05) is 27.4 Å². The molecular formula is C20H17Cl2N3O2. The maximum Gasteiger partial charge on any atom is 0.267 e. The van der Waals surface area contributed by atoms with E-state index < -0.39 is 11.9 Å². The molecule has 1 amide bonds. The first-order chi connectivity index (χ1) is 12.8. The van der Waals surface area contributed by atoms with Gasteiger partial charge >= 0.3 is 0 Å². The Morgan fingerprint density at radius 3 is 2.30 bits per heavy atom. The van der Waals surface area contributed by atoms with Crippen molar-refractivity contribution in [3.05, 3.63) is 80.6 Å². The van der Waals surface area contributed by atoms with Crippen molar-refractivity contribution >= 4 is 34.8 Å². The van der Waals surface area contributed by atoms with Crippen molar-refractivity contribution in [2.75, 3.05) is 5.32 Å². The van der Waals surface area contributed by atoms with Crippen LogP contribution in [-0.4, -0.2) is 15.7 Å². The average molecular weight is 402 g/mol. The molecule has 138 valence electrons. The van der Waals surface area contributed by atoms with Gasteiger partial charge < -0.3 is 5.32 Å². The van der Waals surface area contributed by atoms with Crippen LogP contribution in [0, 0.1) is 6.92 Å². The second-order valence-corrected chi connectivity index (χ2v) is 7.06. The topological polar surface area (TPSA) is 64.0 Å². The van der Waals surface area contributed by atoms with Crippen LogP contribution in [0.2, 0.25) is 10.0 Å². The zero-order chi connectivity index (χ0) is 19.6. The van der Waals surface area contributed by atoms with Gasteiger partial charge in [-0.15, -0.1) is 0 Å². The highest BCUT2D eigenvalue weighted by molar-refractivity contribution is 6.35. The van der Waals surface area contributed by atoms with Crippen molar-refractivity contribution < 1.29 is 4.79 Å². The monoisotopic (exact) mass is 401 g/mol. The molecule has 1 atom stereocenters. The first kappa shape index (κ1) is 19.1. The zero-order valence-electron chi connectivity index (χ0n) is 14.7. The summed E-state index contributed by atoms with van der Waals surface area (Å²) in [6.45, 7) is 3.60. The number of nitrogens with one attached hydrogen (secondary N) is 1. The van der Waals surface area contributed by atoms with Gasteiger partial charge in [0.1, 0.15) is 6.04 Å². The summed E-state index contributed by atoms with van der Waals surface area (Å²) in [5.41, 5.74) is 2.69. The number of hydrogen-bond donors (Lipinski definition) is 1. The average Bonchev–Trinajstić information content (AvgIpc) is 2.61. The van der Waals surface area contributed by atoms with Crippen LogP contribution in [0.15, 0.2) is 59.4 Å².